The van der Waals surface area contributed by atoms with Crippen molar-refractivity contribution in [3.63, 3.8) is 0 Å². The van der Waals surface area contributed by atoms with Crippen molar-refractivity contribution in [1.82, 2.24) is 10.4 Å². The minimum absolute atomic E-state index is 0.000169. The molecule has 2 aromatic carbocycles. The van der Waals surface area contributed by atoms with Gasteiger partial charge in [0.1, 0.15) is 5.75 Å². The molecule has 188 valence electrons. The molecule has 0 saturated carbocycles. The molecular weight excluding hydrogens is 555 g/mol. The number of rotatable bonds is 5. The standard InChI is InChI=1S/C22H17Cl3F4N2O3S/c1-35(33)9-18(32)31-10-20(26,11-31)13-4-2-12(3-5-13)17-8-21(34-30-17,22(27,28)29)14-6-15(23)19(25)16(24)7-14/h2-8,30H,9-11H2,1H3. The van der Waals surface area contributed by atoms with Gasteiger partial charge in [-0.2, -0.15) is 13.2 Å². The van der Waals surface area contributed by atoms with Crippen LogP contribution in [-0.2, 0) is 31.7 Å². The second-order valence-corrected chi connectivity index (χ2v) is 10.9. The van der Waals surface area contributed by atoms with Crippen LogP contribution in [0.1, 0.15) is 16.7 Å². The highest BCUT2D eigenvalue weighted by Gasteiger charge is 2.60. The summed E-state index contributed by atoms with van der Waals surface area (Å²) in [6.07, 6.45) is -2.66. The van der Waals surface area contributed by atoms with Gasteiger partial charge in [0, 0.05) is 22.6 Å². The van der Waals surface area contributed by atoms with Gasteiger partial charge in [0.2, 0.25) is 11.5 Å². The predicted octanol–water partition coefficient (Wildman–Crippen LogP) is 5.37. The van der Waals surface area contributed by atoms with Crippen LogP contribution in [0.25, 0.3) is 5.70 Å². The number of amides is 1. The third-order valence-corrected chi connectivity index (χ3v) is 7.63. The first-order valence-electron chi connectivity index (χ1n) is 10.0. The number of hydroxylamine groups is 1. The molecule has 13 heteroatoms. The van der Waals surface area contributed by atoms with Gasteiger partial charge in [-0.3, -0.25) is 19.3 Å². The van der Waals surface area contributed by atoms with Gasteiger partial charge in [-0.1, -0.05) is 59.1 Å². The molecule has 35 heavy (non-hydrogen) atoms. The van der Waals surface area contributed by atoms with Gasteiger partial charge in [0.15, 0.2) is 5.67 Å². The van der Waals surface area contributed by atoms with Crippen molar-refractivity contribution in [2.45, 2.75) is 17.4 Å². The minimum Gasteiger partial charge on any atom is -0.335 e. The summed E-state index contributed by atoms with van der Waals surface area (Å²) in [5.41, 5.74) is -2.20. The Hall–Kier alpha value is -1.85. The first kappa shape index (κ1) is 26.2. The molecule has 2 aromatic rings. The SMILES string of the molecule is CS(=O)CC(=O)N1CC(F)(c2ccc(C3=CC(c4cc(Cl)c(Cl)c(Cl)c4)(C(F)(F)F)ON3)cc2)C1. The summed E-state index contributed by atoms with van der Waals surface area (Å²) >= 11 is 17.8. The molecule has 2 aliphatic heterocycles. The molecule has 0 aliphatic carbocycles. The summed E-state index contributed by atoms with van der Waals surface area (Å²) in [5.74, 6) is -0.584. The Morgan fingerprint density at radius 2 is 1.69 bits per heavy atom. The Labute approximate surface area is 215 Å². The van der Waals surface area contributed by atoms with Crippen LogP contribution in [0, 0.1) is 0 Å². The van der Waals surface area contributed by atoms with Gasteiger partial charge in [-0.15, -0.1) is 0 Å². The minimum atomic E-state index is -4.89. The normalized spacial score (nSPS) is 22.3. The largest absolute Gasteiger partial charge is 0.428 e. The Morgan fingerprint density at radius 1 is 1.11 bits per heavy atom. The monoisotopic (exact) mass is 570 g/mol. The molecule has 1 fully saturated rings. The van der Waals surface area contributed by atoms with Crippen LogP contribution in [-0.4, -0.2) is 46.3 Å². The molecule has 0 spiro atoms. The highest BCUT2D eigenvalue weighted by molar-refractivity contribution is 7.85. The highest BCUT2D eigenvalue weighted by Crippen LogP contribution is 2.49. The molecule has 0 bridgehead atoms. The van der Waals surface area contributed by atoms with Crippen LogP contribution in [0.2, 0.25) is 15.1 Å². The molecule has 5 nitrogen and oxygen atoms in total. The number of halogens is 7. The van der Waals surface area contributed by atoms with E-state index >= 15 is 4.39 Å². The number of nitrogens with zero attached hydrogens (tertiary/aromatic N) is 1. The highest BCUT2D eigenvalue weighted by atomic mass is 35.5. The van der Waals surface area contributed by atoms with E-state index in [1.165, 1.54) is 35.4 Å². The van der Waals surface area contributed by atoms with Crippen LogP contribution in [0.3, 0.4) is 0 Å². The fourth-order valence-electron chi connectivity index (χ4n) is 3.89. The van der Waals surface area contributed by atoms with Gasteiger partial charge < -0.3 is 4.90 Å². The molecule has 0 aromatic heterocycles. The van der Waals surface area contributed by atoms with Gasteiger partial charge in [0.25, 0.3) is 0 Å². The number of alkyl halides is 4. The second-order valence-electron chi connectivity index (χ2n) is 8.26. The maximum atomic E-state index is 15.2. The van der Waals surface area contributed by atoms with Crippen LogP contribution < -0.4 is 5.48 Å². The zero-order chi connectivity index (χ0) is 25.8. The fraction of sp³-hybridized carbons (Fsp3) is 0.318. The molecule has 1 amide bonds. The van der Waals surface area contributed by atoms with E-state index in [1.54, 1.807) is 0 Å². The van der Waals surface area contributed by atoms with Crippen molar-refractivity contribution in [3.05, 3.63) is 74.2 Å². The van der Waals surface area contributed by atoms with Crippen LogP contribution in [0.4, 0.5) is 17.6 Å². The van der Waals surface area contributed by atoms with Crippen molar-refractivity contribution in [2.24, 2.45) is 0 Å². The Morgan fingerprint density at radius 3 is 2.20 bits per heavy atom. The van der Waals surface area contributed by atoms with E-state index in [0.29, 0.717) is 5.56 Å². The van der Waals surface area contributed by atoms with Crippen molar-refractivity contribution < 1.29 is 31.4 Å². The Balaban J connectivity index is 1.59. The molecule has 2 atom stereocenters. The maximum Gasteiger partial charge on any atom is 0.428 e. The first-order valence-corrected chi connectivity index (χ1v) is 12.9. The van der Waals surface area contributed by atoms with Gasteiger partial charge >= 0.3 is 6.18 Å². The summed E-state index contributed by atoms with van der Waals surface area (Å²) < 4.78 is 68.9. The second kappa shape index (κ2) is 9.23. The predicted molar refractivity (Wildman–Crippen MR) is 126 cm³/mol. The van der Waals surface area contributed by atoms with Crippen LogP contribution in [0.5, 0.6) is 0 Å². The Kier molecular flexibility index (Phi) is 6.91. The van der Waals surface area contributed by atoms with E-state index in [0.717, 1.165) is 18.2 Å². The summed E-state index contributed by atoms with van der Waals surface area (Å²) in [7, 11) is -1.33. The number of hydrogen-bond acceptors (Lipinski definition) is 4. The lowest BCUT2D eigenvalue weighted by Gasteiger charge is -2.44. The number of likely N-dealkylation sites (tertiary alicyclic amines) is 1. The van der Waals surface area contributed by atoms with Gasteiger partial charge in [-0.05, 0) is 29.3 Å². The third kappa shape index (κ3) is 4.79. The third-order valence-electron chi connectivity index (χ3n) is 5.78. The topological polar surface area (TPSA) is 58.6 Å². The molecule has 0 radical (unpaired) electrons. The zero-order valence-corrected chi connectivity index (χ0v) is 21.0. The molecule has 1 saturated heterocycles. The molecular formula is C22H17Cl3F4N2O3S. The quantitative estimate of drug-likeness (QED) is 0.388. The van der Waals surface area contributed by atoms with E-state index in [9.17, 15) is 22.2 Å². The van der Waals surface area contributed by atoms with Crippen molar-refractivity contribution >= 4 is 57.2 Å². The first-order chi connectivity index (χ1) is 16.3. The number of carbonyl (C=O) groups excluding carboxylic acids is 1. The van der Waals surface area contributed by atoms with Gasteiger partial charge in [-0.25, -0.2) is 4.39 Å². The van der Waals surface area contributed by atoms with Gasteiger partial charge in [0.05, 0.1) is 33.9 Å². The lowest BCUT2D eigenvalue weighted by molar-refractivity contribution is -0.269. The summed E-state index contributed by atoms with van der Waals surface area (Å²) in [5, 5.41) is -0.419. The number of hydrogen-bond donors (Lipinski definition) is 1. The summed E-state index contributed by atoms with van der Waals surface area (Å²) in [6, 6.07) is 7.80. The average molecular weight is 572 g/mol. The van der Waals surface area contributed by atoms with Crippen LogP contribution in [0.15, 0.2) is 42.5 Å². The molecule has 2 aliphatic rings. The number of benzene rings is 2. The van der Waals surface area contributed by atoms with E-state index in [-0.39, 0.29) is 50.7 Å². The van der Waals surface area contributed by atoms with E-state index < -0.39 is 34.2 Å². The molecule has 1 N–H and O–H groups in total. The molecule has 2 unspecified atom stereocenters. The van der Waals surface area contributed by atoms with Crippen molar-refractivity contribution in [3.8, 4) is 0 Å². The van der Waals surface area contributed by atoms with Crippen molar-refractivity contribution in [2.75, 3.05) is 25.1 Å². The number of carbonyl (C=O) groups is 1. The van der Waals surface area contributed by atoms with Crippen LogP contribution >= 0.6 is 34.8 Å². The van der Waals surface area contributed by atoms with E-state index in [4.69, 9.17) is 39.6 Å². The lowest BCUT2D eigenvalue weighted by Crippen LogP contribution is -2.59. The average Bonchev–Trinajstić information content (AvgIpc) is 3.21. The van der Waals surface area contributed by atoms with E-state index in [1.807, 2.05) is 0 Å². The number of nitrogens with one attached hydrogen (secondary N) is 1. The fourth-order valence-corrected chi connectivity index (χ4v) is 5.01. The molecule has 2 heterocycles. The smallest absolute Gasteiger partial charge is 0.335 e. The Bertz CT molecular complexity index is 1210. The maximum absolute atomic E-state index is 15.2. The zero-order valence-electron chi connectivity index (χ0n) is 17.9. The summed E-state index contributed by atoms with van der Waals surface area (Å²) in [6.45, 7) is -0.386. The van der Waals surface area contributed by atoms with Crippen molar-refractivity contribution in [1.29, 1.82) is 0 Å². The van der Waals surface area contributed by atoms with E-state index in [2.05, 4.69) is 5.48 Å². The molecule has 4 rings (SSSR count). The lowest BCUT2D eigenvalue weighted by atomic mass is 9.87. The summed E-state index contributed by atoms with van der Waals surface area (Å²) in [4.78, 5) is 18.2.